The van der Waals surface area contributed by atoms with Gasteiger partial charge in [0.05, 0.1) is 12.9 Å². The molecule has 6 heteroatoms. The first-order chi connectivity index (χ1) is 10.7. The van der Waals surface area contributed by atoms with Gasteiger partial charge >= 0.3 is 0 Å². The molecule has 22 heavy (non-hydrogen) atoms. The molecule has 2 amide bonds. The van der Waals surface area contributed by atoms with Crippen molar-refractivity contribution in [1.29, 1.82) is 0 Å². The molecule has 1 unspecified atom stereocenters. The molecule has 1 aromatic carbocycles. The Labute approximate surface area is 135 Å². The molecule has 1 saturated heterocycles. The molecule has 1 aromatic rings. The molecule has 0 radical (unpaired) electrons. The highest BCUT2D eigenvalue weighted by Crippen LogP contribution is 2.25. The highest BCUT2D eigenvalue weighted by atomic mass is 32.2. The third kappa shape index (κ3) is 4.16. The first-order valence-corrected chi connectivity index (χ1v) is 8.48. The fourth-order valence-corrected chi connectivity index (χ4v) is 3.38. The lowest BCUT2D eigenvalue weighted by Crippen LogP contribution is -2.46. The van der Waals surface area contributed by atoms with Gasteiger partial charge in [-0.2, -0.15) is 0 Å². The van der Waals surface area contributed by atoms with Crippen LogP contribution in [0.2, 0.25) is 0 Å². The van der Waals surface area contributed by atoms with Crippen molar-refractivity contribution in [3.05, 3.63) is 24.3 Å². The molecule has 1 aliphatic heterocycles. The van der Waals surface area contributed by atoms with E-state index in [2.05, 4.69) is 5.32 Å². The van der Waals surface area contributed by atoms with Crippen LogP contribution in [0.1, 0.15) is 19.8 Å². The zero-order valence-electron chi connectivity index (χ0n) is 13.0. The van der Waals surface area contributed by atoms with Gasteiger partial charge in [-0.1, -0.05) is 6.07 Å². The van der Waals surface area contributed by atoms with Gasteiger partial charge in [-0.3, -0.25) is 9.59 Å². The number of thioether (sulfide) groups is 1. The SMILES string of the molecule is CCNC(=O)C1CCCN1C(=O)CSc1cccc(OC)c1. The quantitative estimate of drug-likeness (QED) is 0.813. The number of amides is 2. The summed E-state index contributed by atoms with van der Waals surface area (Å²) < 4.78 is 5.18. The van der Waals surface area contributed by atoms with E-state index in [-0.39, 0.29) is 17.9 Å². The van der Waals surface area contributed by atoms with Crippen molar-refractivity contribution in [2.75, 3.05) is 26.0 Å². The second kappa shape index (κ2) is 8.08. The van der Waals surface area contributed by atoms with Crippen molar-refractivity contribution in [3.63, 3.8) is 0 Å². The lowest BCUT2D eigenvalue weighted by molar-refractivity contribution is -0.136. The second-order valence-electron chi connectivity index (χ2n) is 5.11. The van der Waals surface area contributed by atoms with E-state index < -0.39 is 0 Å². The summed E-state index contributed by atoms with van der Waals surface area (Å²) in [7, 11) is 1.62. The number of ether oxygens (including phenoxy) is 1. The Balaban J connectivity index is 1.92. The third-order valence-corrected chi connectivity index (χ3v) is 4.61. The van der Waals surface area contributed by atoms with Gasteiger partial charge in [-0.25, -0.2) is 0 Å². The van der Waals surface area contributed by atoms with Gasteiger partial charge < -0.3 is 15.0 Å². The van der Waals surface area contributed by atoms with E-state index in [0.29, 0.717) is 18.8 Å². The van der Waals surface area contributed by atoms with E-state index in [4.69, 9.17) is 4.74 Å². The van der Waals surface area contributed by atoms with Crippen LogP contribution in [-0.4, -0.2) is 48.7 Å². The average molecular weight is 322 g/mol. The molecule has 0 spiro atoms. The Morgan fingerprint density at radius 2 is 2.27 bits per heavy atom. The summed E-state index contributed by atoms with van der Waals surface area (Å²) in [5, 5.41) is 2.81. The Morgan fingerprint density at radius 1 is 1.45 bits per heavy atom. The zero-order valence-corrected chi connectivity index (χ0v) is 13.8. The Kier molecular flexibility index (Phi) is 6.12. The summed E-state index contributed by atoms with van der Waals surface area (Å²) in [5.41, 5.74) is 0. The molecule has 0 aromatic heterocycles. The minimum atomic E-state index is -0.307. The summed E-state index contributed by atoms with van der Waals surface area (Å²) in [6.45, 7) is 3.15. The van der Waals surface area contributed by atoms with E-state index in [1.54, 1.807) is 12.0 Å². The molecule has 1 aliphatic rings. The largest absolute Gasteiger partial charge is 0.497 e. The van der Waals surface area contributed by atoms with Crippen molar-refractivity contribution in [3.8, 4) is 5.75 Å². The Morgan fingerprint density at radius 3 is 3.00 bits per heavy atom. The van der Waals surface area contributed by atoms with E-state index in [1.807, 2.05) is 31.2 Å². The van der Waals surface area contributed by atoms with Crippen molar-refractivity contribution in [2.24, 2.45) is 0 Å². The predicted molar refractivity (Wildman–Crippen MR) is 87.1 cm³/mol. The number of likely N-dealkylation sites (tertiary alicyclic amines) is 1. The normalized spacial score (nSPS) is 17.4. The Bertz CT molecular complexity index is 536. The minimum absolute atomic E-state index is 0.0153. The summed E-state index contributed by atoms with van der Waals surface area (Å²) in [4.78, 5) is 27.1. The van der Waals surface area contributed by atoms with Crippen LogP contribution >= 0.6 is 11.8 Å². The molecule has 2 rings (SSSR count). The number of carbonyl (C=O) groups excluding carboxylic acids is 2. The van der Waals surface area contributed by atoms with Crippen molar-refractivity contribution >= 4 is 23.6 Å². The molecular formula is C16H22N2O3S. The van der Waals surface area contributed by atoms with Crippen molar-refractivity contribution < 1.29 is 14.3 Å². The van der Waals surface area contributed by atoms with Gasteiger partial charge in [0.15, 0.2) is 0 Å². The first kappa shape index (κ1) is 16.7. The van der Waals surface area contributed by atoms with Crippen LogP contribution in [-0.2, 0) is 9.59 Å². The van der Waals surface area contributed by atoms with Gasteiger partial charge in [-0.15, -0.1) is 11.8 Å². The van der Waals surface area contributed by atoms with Crippen LogP contribution in [0, 0.1) is 0 Å². The monoisotopic (exact) mass is 322 g/mol. The lowest BCUT2D eigenvalue weighted by Gasteiger charge is -2.23. The molecule has 1 heterocycles. The first-order valence-electron chi connectivity index (χ1n) is 7.49. The van der Waals surface area contributed by atoms with Crippen molar-refractivity contribution in [1.82, 2.24) is 10.2 Å². The summed E-state index contributed by atoms with van der Waals surface area (Å²) in [5.74, 6) is 1.09. The highest BCUT2D eigenvalue weighted by Gasteiger charge is 2.33. The maximum Gasteiger partial charge on any atom is 0.242 e. The van der Waals surface area contributed by atoms with Crippen LogP contribution < -0.4 is 10.1 Å². The fourth-order valence-electron chi connectivity index (χ4n) is 2.55. The fraction of sp³-hybridized carbons (Fsp3) is 0.500. The lowest BCUT2D eigenvalue weighted by atomic mass is 10.2. The van der Waals surface area contributed by atoms with Gasteiger partial charge in [0.2, 0.25) is 11.8 Å². The zero-order chi connectivity index (χ0) is 15.9. The molecule has 0 bridgehead atoms. The number of hydrogen-bond donors (Lipinski definition) is 1. The molecule has 120 valence electrons. The van der Waals surface area contributed by atoms with Crippen LogP contribution in [0.25, 0.3) is 0 Å². The van der Waals surface area contributed by atoms with E-state index >= 15 is 0 Å². The number of nitrogens with zero attached hydrogens (tertiary/aromatic N) is 1. The van der Waals surface area contributed by atoms with Crippen LogP contribution in [0.5, 0.6) is 5.75 Å². The van der Waals surface area contributed by atoms with E-state index in [1.165, 1.54) is 11.8 Å². The van der Waals surface area contributed by atoms with Gasteiger partial charge in [-0.05, 0) is 38.0 Å². The molecule has 1 atom stereocenters. The van der Waals surface area contributed by atoms with Gasteiger partial charge in [0, 0.05) is 18.0 Å². The van der Waals surface area contributed by atoms with E-state index in [0.717, 1.165) is 23.5 Å². The molecule has 1 fully saturated rings. The average Bonchev–Trinajstić information content (AvgIpc) is 3.03. The predicted octanol–water partition coefficient (Wildman–Crippen LogP) is 1.91. The smallest absolute Gasteiger partial charge is 0.242 e. The molecule has 0 aliphatic carbocycles. The Hall–Kier alpha value is -1.69. The summed E-state index contributed by atoms with van der Waals surface area (Å²) in [6, 6.07) is 7.32. The second-order valence-corrected chi connectivity index (χ2v) is 6.16. The maximum absolute atomic E-state index is 12.4. The van der Waals surface area contributed by atoms with Gasteiger partial charge in [0.1, 0.15) is 11.8 Å². The summed E-state index contributed by atoms with van der Waals surface area (Å²) >= 11 is 1.47. The number of hydrogen-bond acceptors (Lipinski definition) is 4. The van der Waals surface area contributed by atoms with Crippen LogP contribution in [0.3, 0.4) is 0 Å². The molecular weight excluding hydrogens is 300 g/mol. The molecule has 5 nitrogen and oxygen atoms in total. The van der Waals surface area contributed by atoms with E-state index in [9.17, 15) is 9.59 Å². The third-order valence-electron chi connectivity index (χ3n) is 3.63. The number of benzene rings is 1. The van der Waals surface area contributed by atoms with Crippen LogP contribution in [0.4, 0.5) is 0 Å². The highest BCUT2D eigenvalue weighted by molar-refractivity contribution is 8.00. The summed E-state index contributed by atoms with van der Waals surface area (Å²) in [6.07, 6.45) is 1.64. The number of likely N-dealkylation sites (N-methyl/N-ethyl adjacent to an activating group) is 1. The number of nitrogens with one attached hydrogen (secondary N) is 1. The minimum Gasteiger partial charge on any atom is -0.497 e. The van der Waals surface area contributed by atoms with Crippen LogP contribution in [0.15, 0.2) is 29.2 Å². The standard InChI is InChI=1S/C16H22N2O3S/c1-3-17-16(20)14-8-5-9-18(14)15(19)11-22-13-7-4-6-12(10-13)21-2/h4,6-7,10,14H,3,5,8-9,11H2,1-2H3,(H,17,20). The molecule has 0 saturated carbocycles. The number of carbonyl (C=O) groups is 2. The van der Waals surface area contributed by atoms with Gasteiger partial charge in [0.25, 0.3) is 0 Å². The van der Waals surface area contributed by atoms with Crippen molar-refractivity contribution in [2.45, 2.75) is 30.7 Å². The number of methoxy groups -OCH3 is 1. The molecule has 1 N–H and O–H groups in total. The number of rotatable bonds is 6. The topological polar surface area (TPSA) is 58.6 Å². The maximum atomic E-state index is 12.4.